The highest BCUT2D eigenvalue weighted by Crippen LogP contribution is 2.27. The lowest BCUT2D eigenvalue weighted by Gasteiger charge is -2.07. The molecule has 0 amide bonds. The summed E-state index contributed by atoms with van der Waals surface area (Å²) in [5.74, 6) is 0.808. The summed E-state index contributed by atoms with van der Waals surface area (Å²) in [4.78, 5) is 12.4. The first-order valence-corrected chi connectivity index (χ1v) is 7.16. The van der Waals surface area contributed by atoms with Crippen LogP contribution in [0.1, 0.15) is 23.0 Å². The predicted octanol–water partition coefficient (Wildman–Crippen LogP) is 3.74. The van der Waals surface area contributed by atoms with Crippen molar-refractivity contribution in [1.82, 2.24) is 4.57 Å². The van der Waals surface area contributed by atoms with E-state index < -0.39 is 0 Å². The van der Waals surface area contributed by atoms with Crippen molar-refractivity contribution >= 4 is 5.78 Å². The third-order valence-electron chi connectivity index (χ3n) is 3.74. The van der Waals surface area contributed by atoms with Crippen LogP contribution >= 0.6 is 0 Å². The standard InChI is InChI=1S/C18H21NO3/c1-6-22-13(3)18(20)16-11-17(19(4)12(16)2)14-7-9-15(21-5)10-8-14/h7-11H,3,6H2,1-2,4-5H3. The summed E-state index contributed by atoms with van der Waals surface area (Å²) in [5.41, 5.74) is 3.49. The number of ketones is 1. The minimum atomic E-state index is -0.172. The van der Waals surface area contributed by atoms with Crippen LogP contribution in [0.2, 0.25) is 0 Å². The highest BCUT2D eigenvalue weighted by Gasteiger charge is 2.19. The van der Waals surface area contributed by atoms with Gasteiger partial charge in [-0.1, -0.05) is 6.58 Å². The Morgan fingerprint density at radius 1 is 1.27 bits per heavy atom. The molecule has 0 N–H and O–H groups in total. The molecule has 22 heavy (non-hydrogen) atoms. The number of Topliss-reactive ketones (excluding diaryl/α,β-unsaturated/α-hetero) is 1. The lowest BCUT2D eigenvalue weighted by molar-refractivity contribution is 0.0928. The van der Waals surface area contributed by atoms with Gasteiger partial charge in [0, 0.05) is 24.0 Å². The Hall–Kier alpha value is -2.49. The fraction of sp³-hybridized carbons (Fsp3) is 0.278. The van der Waals surface area contributed by atoms with Crippen LogP contribution in [0.4, 0.5) is 0 Å². The van der Waals surface area contributed by atoms with E-state index in [0.29, 0.717) is 12.2 Å². The molecule has 116 valence electrons. The molecule has 0 spiro atoms. The molecule has 0 radical (unpaired) electrons. The molecule has 2 aromatic rings. The highest BCUT2D eigenvalue weighted by molar-refractivity contribution is 6.08. The monoisotopic (exact) mass is 299 g/mol. The molecular weight excluding hydrogens is 278 g/mol. The van der Waals surface area contributed by atoms with Crippen LogP contribution in [0.5, 0.6) is 5.75 Å². The van der Waals surface area contributed by atoms with Crippen molar-refractivity contribution in [2.75, 3.05) is 13.7 Å². The van der Waals surface area contributed by atoms with E-state index in [1.807, 2.05) is 55.8 Å². The molecule has 0 aliphatic carbocycles. The Morgan fingerprint density at radius 2 is 1.91 bits per heavy atom. The third kappa shape index (κ3) is 2.91. The van der Waals surface area contributed by atoms with Crippen LogP contribution in [0.3, 0.4) is 0 Å². The molecule has 0 bridgehead atoms. The quantitative estimate of drug-likeness (QED) is 0.463. The molecule has 0 saturated carbocycles. The number of benzene rings is 1. The second-order valence-electron chi connectivity index (χ2n) is 5.00. The maximum atomic E-state index is 12.4. The number of allylic oxidation sites excluding steroid dienone is 1. The van der Waals surface area contributed by atoms with Gasteiger partial charge < -0.3 is 14.0 Å². The van der Waals surface area contributed by atoms with E-state index in [1.54, 1.807) is 7.11 Å². The van der Waals surface area contributed by atoms with Gasteiger partial charge in [-0.05, 0) is 49.7 Å². The number of methoxy groups -OCH3 is 1. The summed E-state index contributed by atoms with van der Waals surface area (Å²) in [6.07, 6.45) is 0. The first-order valence-electron chi connectivity index (χ1n) is 7.16. The number of aromatic nitrogens is 1. The predicted molar refractivity (Wildman–Crippen MR) is 87.2 cm³/mol. The van der Waals surface area contributed by atoms with Crippen LogP contribution < -0.4 is 4.74 Å². The number of rotatable bonds is 6. The van der Waals surface area contributed by atoms with Crippen LogP contribution in [0, 0.1) is 6.92 Å². The van der Waals surface area contributed by atoms with Crippen molar-refractivity contribution in [2.24, 2.45) is 7.05 Å². The lowest BCUT2D eigenvalue weighted by atomic mass is 10.1. The van der Waals surface area contributed by atoms with Gasteiger partial charge in [0.15, 0.2) is 5.76 Å². The van der Waals surface area contributed by atoms with E-state index >= 15 is 0 Å². The van der Waals surface area contributed by atoms with Crippen molar-refractivity contribution in [2.45, 2.75) is 13.8 Å². The second kappa shape index (κ2) is 6.52. The number of carbonyl (C=O) groups excluding carboxylic acids is 1. The molecule has 1 heterocycles. The molecule has 1 aromatic carbocycles. The van der Waals surface area contributed by atoms with Crippen molar-refractivity contribution in [1.29, 1.82) is 0 Å². The number of hydrogen-bond acceptors (Lipinski definition) is 3. The van der Waals surface area contributed by atoms with Crippen molar-refractivity contribution in [3.63, 3.8) is 0 Å². The third-order valence-corrected chi connectivity index (χ3v) is 3.74. The summed E-state index contributed by atoms with van der Waals surface area (Å²) in [7, 11) is 3.58. The Kier molecular flexibility index (Phi) is 4.71. The summed E-state index contributed by atoms with van der Waals surface area (Å²) < 4.78 is 12.4. The summed E-state index contributed by atoms with van der Waals surface area (Å²) >= 11 is 0. The van der Waals surface area contributed by atoms with Gasteiger partial charge in [0.1, 0.15) is 5.75 Å². The Balaban J connectivity index is 2.40. The van der Waals surface area contributed by atoms with Gasteiger partial charge in [0.2, 0.25) is 5.78 Å². The molecule has 0 aliphatic heterocycles. The minimum absolute atomic E-state index is 0.172. The summed E-state index contributed by atoms with van der Waals surface area (Å²) in [6.45, 7) is 7.88. The maximum absolute atomic E-state index is 12.4. The van der Waals surface area contributed by atoms with Crippen LogP contribution in [0.15, 0.2) is 42.7 Å². The van der Waals surface area contributed by atoms with E-state index in [9.17, 15) is 4.79 Å². The van der Waals surface area contributed by atoms with Gasteiger partial charge in [-0.15, -0.1) is 0 Å². The van der Waals surface area contributed by atoms with Crippen LogP contribution in [-0.4, -0.2) is 24.1 Å². The number of nitrogens with zero attached hydrogens (tertiary/aromatic N) is 1. The van der Waals surface area contributed by atoms with E-state index in [4.69, 9.17) is 9.47 Å². The molecule has 2 rings (SSSR count). The highest BCUT2D eigenvalue weighted by atomic mass is 16.5. The molecule has 1 aromatic heterocycles. The van der Waals surface area contributed by atoms with Gasteiger partial charge in [-0.2, -0.15) is 0 Å². The first kappa shape index (κ1) is 15.9. The van der Waals surface area contributed by atoms with Gasteiger partial charge in [0.05, 0.1) is 13.7 Å². The molecule has 0 atom stereocenters. The SMILES string of the molecule is C=C(OCC)C(=O)c1cc(-c2ccc(OC)cc2)n(C)c1C. The van der Waals surface area contributed by atoms with Crippen molar-refractivity contribution < 1.29 is 14.3 Å². The Labute approximate surface area is 131 Å². The van der Waals surface area contributed by atoms with E-state index in [2.05, 4.69) is 6.58 Å². The fourth-order valence-electron chi connectivity index (χ4n) is 2.36. The number of carbonyl (C=O) groups is 1. The van der Waals surface area contributed by atoms with Crippen LogP contribution in [-0.2, 0) is 11.8 Å². The average Bonchev–Trinajstić information content (AvgIpc) is 2.83. The average molecular weight is 299 g/mol. The molecule has 0 saturated heterocycles. The number of hydrogen-bond donors (Lipinski definition) is 0. The van der Waals surface area contributed by atoms with Gasteiger partial charge >= 0.3 is 0 Å². The largest absolute Gasteiger partial charge is 0.497 e. The minimum Gasteiger partial charge on any atom is -0.497 e. The first-order chi connectivity index (χ1) is 10.5. The summed E-state index contributed by atoms with van der Waals surface area (Å²) in [6, 6.07) is 9.62. The molecule has 0 fully saturated rings. The van der Waals surface area contributed by atoms with Crippen LogP contribution in [0.25, 0.3) is 11.3 Å². The topological polar surface area (TPSA) is 40.5 Å². The molecule has 0 unspecified atom stereocenters. The van der Waals surface area contributed by atoms with Crippen molar-refractivity contribution in [3.05, 3.63) is 53.9 Å². The van der Waals surface area contributed by atoms with E-state index in [1.165, 1.54) is 0 Å². The molecule has 4 nitrogen and oxygen atoms in total. The number of ether oxygens (including phenoxy) is 2. The smallest absolute Gasteiger partial charge is 0.228 e. The second-order valence-corrected chi connectivity index (χ2v) is 5.00. The van der Waals surface area contributed by atoms with Crippen molar-refractivity contribution in [3.8, 4) is 17.0 Å². The zero-order valence-corrected chi connectivity index (χ0v) is 13.5. The fourth-order valence-corrected chi connectivity index (χ4v) is 2.36. The molecular formula is C18H21NO3. The summed E-state index contributed by atoms with van der Waals surface area (Å²) in [5, 5.41) is 0. The zero-order chi connectivity index (χ0) is 16.3. The molecule has 0 aliphatic rings. The van der Waals surface area contributed by atoms with E-state index in [0.717, 1.165) is 22.7 Å². The lowest BCUT2D eigenvalue weighted by Crippen LogP contribution is -2.07. The normalized spacial score (nSPS) is 10.4. The Morgan fingerprint density at radius 3 is 2.45 bits per heavy atom. The van der Waals surface area contributed by atoms with Gasteiger partial charge in [-0.3, -0.25) is 4.79 Å². The molecule has 4 heteroatoms. The Bertz CT molecular complexity index is 696. The maximum Gasteiger partial charge on any atom is 0.228 e. The zero-order valence-electron chi connectivity index (χ0n) is 13.5. The van der Waals surface area contributed by atoms with E-state index in [-0.39, 0.29) is 11.5 Å². The van der Waals surface area contributed by atoms with Gasteiger partial charge in [-0.25, -0.2) is 0 Å². The van der Waals surface area contributed by atoms with Gasteiger partial charge in [0.25, 0.3) is 0 Å².